The van der Waals surface area contributed by atoms with Gasteiger partial charge in [-0.3, -0.25) is 0 Å². The highest BCUT2D eigenvalue weighted by Crippen LogP contribution is 2.19. The third-order valence-corrected chi connectivity index (χ3v) is 2.82. The average Bonchev–Trinajstić information content (AvgIpc) is 2.20. The molecule has 0 amide bonds. The number of oxime groups is 1. The molecule has 1 N–H and O–H groups in total. The van der Waals surface area contributed by atoms with Crippen molar-refractivity contribution >= 4 is 5.71 Å². The molecule has 1 aromatic rings. The third-order valence-electron chi connectivity index (χ3n) is 2.82. The summed E-state index contributed by atoms with van der Waals surface area (Å²) in [5.41, 5.74) is 4.51. The van der Waals surface area contributed by atoms with Crippen molar-refractivity contribution in [2.45, 2.75) is 33.6 Å². The summed E-state index contributed by atoms with van der Waals surface area (Å²) in [7, 11) is 0. The molecule has 0 aromatic heterocycles. The number of rotatable bonds is 2. The van der Waals surface area contributed by atoms with Gasteiger partial charge in [0.15, 0.2) is 0 Å². The van der Waals surface area contributed by atoms with Crippen LogP contribution >= 0.6 is 0 Å². The van der Waals surface area contributed by atoms with Gasteiger partial charge in [-0.05, 0) is 37.5 Å². The van der Waals surface area contributed by atoms with E-state index in [0.717, 1.165) is 5.71 Å². The SMILES string of the molecule is CC(=NO)C(C)c1ccc(C)c(C)c1. The Labute approximate surface area is 85.3 Å². The lowest BCUT2D eigenvalue weighted by molar-refractivity contribution is 0.316. The Balaban J connectivity index is 3.03. The summed E-state index contributed by atoms with van der Waals surface area (Å²) in [6.45, 7) is 8.06. The third kappa shape index (κ3) is 2.13. The van der Waals surface area contributed by atoms with Gasteiger partial charge in [0.1, 0.15) is 0 Å². The van der Waals surface area contributed by atoms with Crippen molar-refractivity contribution in [2.75, 3.05) is 0 Å². The molecule has 1 unspecified atom stereocenters. The van der Waals surface area contributed by atoms with Crippen molar-refractivity contribution in [3.05, 3.63) is 34.9 Å². The fraction of sp³-hybridized carbons (Fsp3) is 0.417. The predicted octanol–water partition coefficient (Wildman–Crippen LogP) is 3.26. The molecular weight excluding hydrogens is 174 g/mol. The van der Waals surface area contributed by atoms with E-state index in [9.17, 15) is 0 Å². The fourth-order valence-corrected chi connectivity index (χ4v) is 1.36. The van der Waals surface area contributed by atoms with E-state index < -0.39 is 0 Å². The molecule has 0 spiro atoms. The lowest BCUT2D eigenvalue weighted by Gasteiger charge is -2.12. The predicted molar refractivity (Wildman–Crippen MR) is 59.2 cm³/mol. The molecule has 0 saturated carbocycles. The molecule has 1 atom stereocenters. The molecule has 0 bridgehead atoms. The summed E-state index contributed by atoms with van der Waals surface area (Å²) in [5.74, 6) is 0.180. The van der Waals surface area contributed by atoms with Crippen LogP contribution < -0.4 is 0 Å². The normalized spacial score (nSPS) is 14.1. The summed E-state index contributed by atoms with van der Waals surface area (Å²) in [5, 5.41) is 11.9. The standard InChI is InChI=1S/C12H17NO/c1-8-5-6-12(7-9(8)2)10(3)11(4)13-14/h5-7,10,14H,1-4H3. The Morgan fingerprint density at radius 2 is 1.93 bits per heavy atom. The van der Waals surface area contributed by atoms with E-state index in [-0.39, 0.29) is 5.92 Å². The Morgan fingerprint density at radius 3 is 2.43 bits per heavy atom. The van der Waals surface area contributed by atoms with Crippen molar-refractivity contribution < 1.29 is 5.21 Å². The van der Waals surface area contributed by atoms with Crippen LogP contribution in [0.2, 0.25) is 0 Å². The number of nitrogens with zero attached hydrogens (tertiary/aromatic N) is 1. The van der Waals surface area contributed by atoms with Crippen molar-refractivity contribution in [1.82, 2.24) is 0 Å². The molecule has 2 nitrogen and oxygen atoms in total. The zero-order chi connectivity index (χ0) is 10.7. The first kappa shape index (κ1) is 10.8. The van der Waals surface area contributed by atoms with Crippen molar-refractivity contribution in [3.8, 4) is 0 Å². The molecule has 0 aliphatic carbocycles. The van der Waals surface area contributed by atoms with Crippen LogP contribution in [-0.4, -0.2) is 10.9 Å². The molecule has 0 saturated heterocycles. The zero-order valence-corrected chi connectivity index (χ0v) is 9.20. The fourth-order valence-electron chi connectivity index (χ4n) is 1.36. The second kappa shape index (κ2) is 4.27. The second-order valence-corrected chi connectivity index (χ2v) is 3.81. The number of aryl methyl sites for hydroxylation is 2. The van der Waals surface area contributed by atoms with Gasteiger partial charge < -0.3 is 5.21 Å². The average molecular weight is 191 g/mol. The highest BCUT2D eigenvalue weighted by molar-refractivity contribution is 5.87. The molecule has 1 rings (SSSR count). The van der Waals surface area contributed by atoms with Gasteiger partial charge in [0.05, 0.1) is 5.71 Å². The largest absolute Gasteiger partial charge is 0.411 e. The second-order valence-electron chi connectivity index (χ2n) is 3.81. The lowest BCUT2D eigenvalue weighted by atomic mass is 9.94. The number of benzene rings is 1. The van der Waals surface area contributed by atoms with Crippen LogP contribution in [0.5, 0.6) is 0 Å². The number of hydrogen-bond donors (Lipinski definition) is 1. The summed E-state index contributed by atoms with van der Waals surface area (Å²) in [6, 6.07) is 6.34. The minimum Gasteiger partial charge on any atom is -0.411 e. The monoisotopic (exact) mass is 191 g/mol. The van der Waals surface area contributed by atoms with Crippen molar-refractivity contribution in [1.29, 1.82) is 0 Å². The summed E-state index contributed by atoms with van der Waals surface area (Å²) in [6.07, 6.45) is 0. The van der Waals surface area contributed by atoms with Gasteiger partial charge in [0.25, 0.3) is 0 Å². The van der Waals surface area contributed by atoms with E-state index in [1.807, 2.05) is 13.8 Å². The van der Waals surface area contributed by atoms with Gasteiger partial charge in [-0.15, -0.1) is 0 Å². The van der Waals surface area contributed by atoms with Gasteiger partial charge in [-0.1, -0.05) is 30.3 Å². The van der Waals surface area contributed by atoms with Crippen LogP contribution in [0.25, 0.3) is 0 Å². The Hall–Kier alpha value is -1.31. The number of hydrogen-bond acceptors (Lipinski definition) is 2. The Morgan fingerprint density at radius 1 is 1.29 bits per heavy atom. The van der Waals surface area contributed by atoms with Gasteiger partial charge in [-0.2, -0.15) is 0 Å². The minimum atomic E-state index is 0.180. The summed E-state index contributed by atoms with van der Waals surface area (Å²) < 4.78 is 0. The topological polar surface area (TPSA) is 32.6 Å². The van der Waals surface area contributed by atoms with Gasteiger partial charge in [0.2, 0.25) is 0 Å². The Bertz CT molecular complexity index is 355. The first-order valence-corrected chi connectivity index (χ1v) is 4.82. The molecule has 0 fully saturated rings. The molecule has 76 valence electrons. The van der Waals surface area contributed by atoms with E-state index in [1.54, 1.807) is 0 Å². The minimum absolute atomic E-state index is 0.180. The molecule has 0 aliphatic rings. The van der Waals surface area contributed by atoms with E-state index in [0.29, 0.717) is 0 Å². The first-order chi connectivity index (χ1) is 6.56. The van der Waals surface area contributed by atoms with Gasteiger partial charge >= 0.3 is 0 Å². The highest BCUT2D eigenvalue weighted by Gasteiger charge is 2.09. The van der Waals surface area contributed by atoms with Crippen LogP contribution in [-0.2, 0) is 0 Å². The molecule has 0 radical (unpaired) electrons. The van der Waals surface area contributed by atoms with Crippen LogP contribution in [0.1, 0.15) is 36.5 Å². The van der Waals surface area contributed by atoms with Crippen LogP contribution in [0.4, 0.5) is 0 Å². The Kier molecular flexibility index (Phi) is 3.28. The first-order valence-electron chi connectivity index (χ1n) is 4.82. The van der Waals surface area contributed by atoms with Crippen LogP contribution in [0.3, 0.4) is 0 Å². The molecule has 0 aliphatic heterocycles. The lowest BCUT2D eigenvalue weighted by Crippen LogP contribution is -2.05. The maximum absolute atomic E-state index is 8.68. The highest BCUT2D eigenvalue weighted by atomic mass is 16.4. The van der Waals surface area contributed by atoms with E-state index in [2.05, 4.69) is 37.2 Å². The quantitative estimate of drug-likeness (QED) is 0.434. The van der Waals surface area contributed by atoms with E-state index in [1.165, 1.54) is 16.7 Å². The molecular formula is C12H17NO. The maximum Gasteiger partial charge on any atom is 0.0611 e. The molecule has 0 heterocycles. The molecule has 1 aromatic carbocycles. The summed E-state index contributed by atoms with van der Waals surface area (Å²) >= 11 is 0. The van der Waals surface area contributed by atoms with E-state index >= 15 is 0 Å². The van der Waals surface area contributed by atoms with Crippen LogP contribution in [0, 0.1) is 13.8 Å². The maximum atomic E-state index is 8.68. The zero-order valence-electron chi connectivity index (χ0n) is 9.20. The van der Waals surface area contributed by atoms with Crippen molar-refractivity contribution in [2.24, 2.45) is 5.16 Å². The summed E-state index contributed by atoms with van der Waals surface area (Å²) in [4.78, 5) is 0. The van der Waals surface area contributed by atoms with Crippen LogP contribution in [0.15, 0.2) is 23.4 Å². The van der Waals surface area contributed by atoms with Crippen molar-refractivity contribution in [3.63, 3.8) is 0 Å². The smallest absolute Gasteiger partial charge is 0.0611 e. The molecule has 2 heteroatoms. The molecule has 14 heavy (non-hydrogen) atoms. The van der Waals surface area contributed by atoms with Gasteiger partial charge in [0, 0.05) is 5.92 Å². The van der Waals surface area contributed by atoms with E-state index in [4.69, 9.17) is 5.21 Å². The van der Waals surface area contributed by atoms with Gasteiger partial charge in [-0.25, -0.2) is 0 Å².